The van der Waals surface area contributed by atoms with Gasteiger partial charge in [0.15, 0.2) is 5.13 Å². The van der Waals surface area contributed by atoms with Crippen LogP contribution in [0.4, 0.5) is 5.13 Å². The predicted octanol–water partition coefficient (Wildman–Crippen LogP) is 0.124. The zero-order chi connectivity index (χ0) is 13.8. The van der Waals surface area contributed by atoms with Crippen molar-refractivity contribution in [3.8, 4) is 0 Å². The minimum atomic E-state index is 0.232. The van der Waals surface area contributed by atoms with Gasteiger partial charge < -0.3 is 14.5 Å². The van der Waals surface area contributed by atoms with Gasteiger partial charge in [0.25, 0.3) is 0 Å². The first-order valence-electron chi connectivity index (χ1n) is 7.05. The van der Waals surface area contributed by atoms with E-state index >= 15 is 0 Å². The summed E-state index contributed by atoms with van der Waals surface area (Å²) in [5.74, 6) is 0.232. The lowest BCUT2D eigenvalue weighted by molar-refractivity contribution is -0.136. The quantitative estimate of drug-likeness (QED) is 0.793. The average Bonchev–Trinajstić information content (AvgIpc) is 3.03. The Bertz CT molecular complexity index is 426. The van der Waals surface area contributed by atoms with E-state index < -0.39 is 0 Å². The topological polar surface area (TPSA) is 48.9 Å². The molecule has 20 heavy (non-hydrogen) atoms. The maximum absolute atomic E-state index is 12.2. The Morgan fingerprint density at radius 3 is 2.60 bits per heavy atom. The number of carbonyl (C=O) groups is 1. The van der Waals surface area contributed by atoms with E-state index in [1.54, 1.807) is 11.3 Å². The molecule has 1 aromatic heterocycles. The van der Waals surface area contributed by atoms with Crippen molar-refractivity contribution in [3.63, 3.8) is 0 Å². The number of ether oxygens (including phenoxy) is 1. The number of morpholine rings is 1. The van der Waals surface area contributed by atoms with E-state index in [2.05, 4.69) is 14.8 Å². The molecule has 0 unspecified atom stereocenters. The van der Waals surface area contributed by atoms with E-state index in [1.165, 1.54) is 0 Å². The number of amides is 1. The third-order valence-corrected chi connectivity index (χ3v) is 4.62. The van der Waals surface area contributed by atoms with Crippen molar-refractivity contribution in [1.29, 1.82) is 0 Å². The smallest absolute Gasteiger partial charge is 0.236 e. The molecule has 0 bridgehead atoms. The Morgan fingerprint density at radius 2 is 1.95 bits per heavy atom. The van der Waals surface area contributed by atoms with Crippen molar-refractivity contribution >= 4 is 22.4 Å². The highest BCUT2D eigenvalue weighted by Gasteiger charge is 2.23. The number of hydrogen-bond donors (Lipinski definition) is 0. The number of nitrogens with zero attached hydrogens (tertiary/aromatic N) is 4. The third-order valence-electron chi connectivity index (χ3n) is 3.78. The van der Waals surface area contributed by atoms with Gasteiger partial charge >= 0.3 is 0 Å². The molecular formula is C13H20N4O2S. The maximum Gasteiger partial charge on any atom is 0.236 e. The molecule has 0 N–H and O–H groups in total. The summed E-state index contributed by atoms with van der Waals surface area (Å²) in [6, 6.07) is 0. The molecule has 3 rings (SSSR count). The molecule has 1 amide bonds. The van der Waals surface area contributed by atoms with Gasteiger partial charge in [-0.1, -0.05) is 0 Å². The van der Waals surface area contributed by atoms with Gasteiger partial charge in [0.05, 0.1) is 19.8 Å². The van der Waals surface area contributed by atoms with Gasteiger partial charge in [-0.15, -0.1) is 11.3 Å². The van der Waals surface area contributed by atoms with Crippen molar-refractivity contribution < 1.29 is 9.53 Å². The van der Waals surface area contributed by atoms with Gasteiger partial charge in [-0.3, -0.25) is 9.69 Å². The van der Waals surface area contributed by atoms with E-state index in [4.69, 9.17) is 4.74 Å². The first kappa shape index (κ1) is 13.8. The van der Waals surface area contributed by atoms with Crippen LogP contribution in [0.3, 0.4) is 0 Å². The van der Waals surface area contributed by atoms with E-state index in [1.807, 2.05) is 16.5 Å². The Morgan fingerprint density at radius 1 is 1.20 bits per heavy atom. The van der Waals surface area contributed by atoms with Crippen molar-refractivity contribution in [2.45, 2.75) is 0 Å². The molecule has 6 nitrogen and oxygen atoms in total. The summed E-state index contributed by atoms with van der Waals surface area (Å²) in [5.41, 5.74) is 0. The van der Waals surface area contributed by atoms with Crippen LogP contribution in [-0.4, -0.2) is 79.7 Å². The van der Waals surface area contributed by atoms with Crippen LogP contribution in [0.5, 0.6) is 0 Å². The summed E-state index contributed by atoms with van der Waals surface area (Å²) in [6.07, 6.45) is 1.84. The highest BCUT2D eigenvalue weighted by molar-refractivity contribution is 7.13. The largest absolute Gasteiger partial charge is 0.378 e. The fourth-order valence-electron chi connectivity index (χ4n) is 2.57. The highest BCUT2D eigenvalue weighted by atomic mass is 32.1. The number of carbonyl (C=O) groups excluding carboxylic acids is 1. The van der Waals surface area contributed by atoms with Gasteiger partial charge in [0, 0.05) is 50.8 Å². The van der Waals surface area contributed by atoms with Gasteiger partial charge in [-0.25, -0.2) is 4.98 Å². The molecule has 2 saturated heterocycles. The lowest BCUT2D eigenvalue weighted by Crippen LogP contribution is -2.51. The molecule has 0 atom stereocenters. The van der Waals surface area contributed by atoms with Gasteiger partial charge in [-0.05, 0) is 0 Å². The standard InChI is InChI=1S/C13H20N4O2S/c18-12(16-6-8-19-9-7-16)11-15-2-4-17(5-3-15)13-14-1-10-20-13/h1,10H,2-9,11H2. The molecule has 0 aromatic carbocycles. The lowest BCUT2D eigenvalue weighted by Gasteiger charge is -2.35. The zero-order valence-electron chi connectivity index (χ0n) is 11.5. The van der Waals surface area contributed by atoms with Crippen LogP contribution >= 0.6 is 11.3 Å². The molecule has 0 aliphatic carbocycles. The summed E-state index contributed by atoms with van der Waals surface area (Å²) in [4.78, 5) is 23.0. The summed E-state index contributed by atoms with van der Waals surface area (Å²) in [5, 5.41) is 3.09. The van der Waals surface area contributed by atoms with Crippen LogP contribution in [0, 0.1) is 0 Å². The number of piperazine rings is 1. The lowest BCUT2D eigenvalue weighted by atomic mass is 10.3. The second-order valence-corrected chi connectivity index (χ2v) is 5.94. The molecule has 110 valence electrons. The molecule has 0 saturated carbocycles. The highest BCUT2D eigenvalue weighted by Crippen LogP contribution is 2.18. The Balaban J connectivity index is 1.45. The molecule has 0 radical (unpaired) electrons. The number of aromatic nitrogens is 1. The zero-order valence-corrected chi connectivity index (χ0v) is 12.3. The molecule has 2 aliphatic rings. The summed E-state index contributed by atoms with van der Waals surface area (Å²) in [7, 11) is 0. The third kappa shape index (κ3) is 3.28. The SMILES string of the molecule is O=C(CN1CCN(c2nccs2)CC1)N1CCOCC1. The minimum absolute atomic E-state index is 0.232. The Hall–Kier alpha value is -1.18. The van der Waals surface area contributed by atoms with Crippen molar-refractivity contribution in [1.82, 2.24) is 14.8 Å². The molecule has 3 heterocycles. The second-order valence-electron chi connectivity index (χ2n) is 5.07. The fraction of sp³-hybridized carbons (Fsp3) is 0.692. The molecule has 0 spiro atoms. The minimum Gasteiger partial charge on any atom is -0.378 e. The van der Waals surface area contributed by atoms with E-state index in [0.717, 1.165) is 44.4 Å². The first-order valence-corrected chi connectivity index (χ1v) is 7.93. The molecule has 1 aromatic rings. The van der Waals surface area contributed by atoms with Crippen LogP contribution in [0.25, 0.3) is 0 Å². The van der Waals surface area contributed by atoms with Crippen molar-refractivity contribution in [2.75, 3.05) is 63.9 Å². The van der Waals surface area contributed by atoms with Gasteiger partial charge in [-0.2, -0.15) is 0 Å². The monoisotopic (exact) mass is 296 g/mol. The number of thiazole rings is 1. The summed E-state index contributed by atoms with van der Waals surface area (Å²) >= 11 is 1.67. The summed E-state index contributed by atoms with van der Waals surface area (Å²) in [6.45, 7) is 7.09. The van der Waals surface area contributed by atoms with Crippen LogP contribution in [-0.2, 0) is 9.53 Å². The van der Waals surface area contributed by atoms with Crippen molar-refractivity contribution in [2.24, 2.45) is 0 Å². The Labute approximate surface area is 122 Å². The van der Waals surface area contributed by atoms with E-state index in [-0.39, 0.29) is 5.91 Å². The fourth-order valence-corrected chi connectivity index (χ4v) is 3.27. The molecule has 2 fully saturated rings. The average molecular weight is 296 g/mol. The van der Waals surface area contributed by atoms with Crippen LogP contribution < -0.4 is 4.90 Å². The Kier molecular flexibility index (Phi) is 4.49. The second kappa shape index (κ2) is 6.51. The van der Waals surface area contributed by atoms with E-state index in [9.17, 15) is 4.79 Å². The first-order chi connectivity index (χ1) is 9.83. The maximum atomic E-state index is 12.2. The molecular weight excluding hydrogens is 276 g/mol. The van der Waals surface area contributed by atoms with Crippen LogP contribution in [0.15, 0.2) is 11.6 Å². The molecule has 2 aliphatic heterocycles. The summed E-state index contributed by atoms with van der Waals surface area (Å²) < 4.78 is 5.28. The molecule has 7 heteroatoms. The van der Waals surface area contributed by atoms with Crippen LogP contribution in [0.1, 0.15) is 0 Å². The van der Waals surface area contributed by atoms with Crippen LogP contribution in [0.2, 0.25) is 0 Å². The predicted molar refractivity (Wildman–Crippen MR) is 78.2 cm³/mol. The van der Waals surface area contributed by atoms with Crippen molar-refractivity contribution in [3.05, 3.63) is 11.6 Å². The number of rotatable bonds is 3. The number of anilines is 1. The van der Waals surface area contributed by atoms with Gasteiger partial charge in [0.2, 0.25) is 5.91 Å². The van der Waals surface area contributed by atoms with Gasteiger partial charge in [0.1, 0.15) is 0 Å². The number of hydrogen-bond acceptors (Lipinski definition) is 6. The van der Waals surface area contributed by atoms with E-state index in [0.29, 0.717) is 19.8 Å². The normalized spacial score (nSPS) is 21.2.